The van der Waals surface area contributed by atoms with Crippen LogP contribution in [0.25, 0.3) is 0 Å². The molecular weight excluding hydrogens is 311 g/mol. The summed E-state index contributed by atoms with van der Waals surface area (Å²) in [5.74, 6) is -1.28. The number of methoxy groups -OCH3 is 1. The molecule has 0 saturated heterocycles. The minimum absolute atomic E-state index is 0.000515. The zero-order chi connectivity index (χ0) is 16.7. The Bertz CT molecular complexity index is 538. The third-order valence-corrected chi connectivity index (χ3v) is 3.28. The number of amides is 2. The average Bonchev–Trinajstić information content (AvgIpc) is 2.45. The Morgan fingerprint density at radius 3 is 2.59 bits per heavy atom. The van der Waals surface area contributed by atoms with Crippen molar-refractivity contribution in [1.82, 2.24) is 10.6 Å². The maximum atomic E-state index is 13.1. The molecule has 22 heavy (non-hydrogen) atoms. The van der Waals surface area contributed by atoms with Gasteiger partial charge in [0.2, 0.25) is 11.8 Å². The first kappa shape index (κ1) is 18.4. The van der Waals surface area contributed by atoms with Crippen molar-refractivity contribution in [2.45, 2.75) is 26.4 Å². The molecule has 0 aliphatic carbocycles. The standard InChI is InChI=1S/C15H20ClFN2O3/c1-9(2)14(19-13(20)8-22-3)15(21)18-7-10-4-5-12(17)11(16)6-10/h4-6,9,14H,7-8H2,1-3H3,(H,18,21)(H,19,20)/t14-/m0/s1. The van der Waals surface area contributed by atoms with E-state index in [0.717, 1.165) is 0 Å². The number of carbonyl (C=O) groups excluding carboxylic acids is 2. The molecule has 1 aromatic rings. The SMILES string of the molecule is COCC(=O)N[C@H](C(=O)NCc1ccc(F)c(Cl)c1)C(C)C. The average molecular weight is 331 g/mol. The number of nitrogens with one attached hydrogen (secondary N) is 2. The van der Waals surface area contributed by atoms with Crippen molar-refractivity contribution in [3.8, 4) is 0 Å². The van der Waals surface area contributed by atoms with Crippen LogP contribution in [-0.2, 0) is 20.9 Å². The molecule has 1 aromatic carbocycles. The summed E-state index contributed by atoms with van der Waals surface area (Å²) in [4.78, 5) is 23.7. The summed E-state index contributed by atoms with van der Waals surface area (Å²) < 4.78 is 17.8. The van der Waals surface area contributed by atoms with Crippen LogP contribution in [-0.4, -0.2) is 31.6 Å². The molecule has 0 heterocycles. The molecule has 122 valence electrons. The normalized spacial score (nSPS) is 12.1. The number of rotatable bonds is 7. The Balaban J connectivity index is 2.63. The molecule has 0 aliphatic heterocycles. The highest BCUT2D eigenvalue weighted by molar-refractivity contribution is 6.30. The summed E-state index contributed by atoms with van der Waals surface area (Å²) in [6, 6.07) is 3.56. The molecule has 2 N–H and O–H groups in total. The van der Waals surface area contributed by atoms with Gasteiger partial charge in [0.05, 0.1) is 5.02 Å². The zero-order valence-corrected chi connectivity index (χ0v) is 13.5. The lowest BCUT2D eigenvalue weighted by Gasteiger charge is -2.21. The molecule has 2 amide bonds. The molecule has 0 aliphatic rings. The predicted molar refractivity (Wildman–Crippen MR) is 81.9 cm³/mol. The molecule has 0 saturated carbocycles. The summed E-state index contributed by atoms with van der Waals surface area (Å²) >= 11 is 5.69. The predicted octanol–water partition coefficient (Wildman–Crippen LogP) is 1.88. The van der Waals surface area contributed by atoms with Crippen LogP contribution in [0.1, 0.15) is 19.4 Å². The van der Waals surface area contributed by atoms with Gasteiger partial charge in [-0.3, -0.25) is 9.59 Å². The third kappa shape index (κ3) is 5.61. The monoisotopic (exact) mass is 330 g/mol. The summed E-state index contributed by atoms with van der Waals surface area (Å²) in [6.45, 7) is 3.74. The molecule has 0 radical (unpaired) electrons. The van der Waals surface area contributed by atoms with Crippen LogP contribution < -0.4 is 10.6 Å². The number of hydrogen-bond donors (Lipinski definition) is 2. The van der Waals surface area contributed by atoms with E-state index in [4.69, 9.17) is 16.3 Å². The van der Waals surface area contributed by atoms with Gasteiger partial charge in [-0.25, -0.2) is 4.39 Å². The van der Waals surface area contributed by atoms with Gasteiger partial charge in [-0.1, -0.05) is 31.5 Å². The fraction of sp³-hybridized carbons (Fsp3) is 0.467. The molecule has 0 bridgehead atoms. The van der Waals surface area contributed by atoms with Crippen molar-refractivity contribution in [3.05, 3.63) is 34.6 Å². The zero-order valence-electron chi connectivity index (χ0n) is 12.8. The van der Waals surface area contributed by atoms with E-state index in [2.05, 4.69) is 10.6 Å². The van der Waals surface area contributed by atoms with E-state index >= 15 is 0 Å². The first-order valence-corrected chi connectivity index (χ1v) is 7.23. The van der Waals surface area contributed by atoms with Crippen LogP contribution in [0.15, 0.2) is 18.2 Å². The number of ether oxygens (including phenoxy) is 1. The third-order valence-electron chi connectivity index (χ3n) is 2.99. The van der Waals surface area contributed by atoms with Gasteiger partial charge in [-0.2, -0.15) is 0 Å². The van der Waals surface area contributed by atoms with Crippen molar-refractivity contribution >= 4 is 23.4 Å². The fourth-order valence-electron chi connectivity index (χ4n) is 1.83. The first-order valence-electron chi connectivity index (χ1n) is 6.85. The van der Waals surface area contributed by atoms with Crippen LogP contribution in [0.4, 0.5) is 4.39 Å². The van der Waals surface area contributed by atoms with Crippen molar-refractivity contribution in [3.63, 3.8) is 0 Å². The molecule has 1 rings (SSSR count). The van der Waals surface area contributed by atoms with Gasteiger partial charge in [0.25, 0.3) is 0 Å². The lowest BCUT2D eigenvalue weighted by molar-refractivity contribution is -0.132. The van der Waals surface area contributed by atoms with Crippen LogP contribution in [0.5, 0.6) is 0 Å². The molecule has 0 unspecified atom stereocenters. The van der Waals surface area contributed by atoms with Crippen LogP contribution in [0.2, 0.25) is 5.02 Å². The second-order valence-electron chi connectivity index (χ2n) is 5.19. The number of benzene rings is 1. The Morgan fingerprint density at radius 2 is 2.05 bits per heavy atom. The number of carbonyl (C=O) groups is 2. The van der Waals surface area contributed by atoms with E-state index in [0.29, 0.717) is 5.56 Å². The van der Waals surface area contributed by atoms with E-state index < -0.39 is 11.9 Å². The van der Waals surface area contributed by atoms with Gasteiger partial charge in [0, 0.05) is 13.7 Å². The number of halogens is 2. The van der Waals surface area contributed by atoms with Gasteiger partial charge in [-0.15, -0.1) is 0 Å². The molecule has 0 aromatic heterocycles. The van der Waals surface area contributed by atoms with Crippen molar-refractivity contribution in [2.24, 2.45) is 5.92 Å². The maximum absolute atomic E-state index is 13.1. The second kappa shape index (κ2) is 8.70. The van der Waals surface area contributed by atoms with Crippen molar-refractivity contribution in [1.29, 1.82) is 0 Å². The highest BCUT2D eigenvalue weighted by Crippen LogP contribution is 2.15. The maximum Gasteiger partial charge on any atom is 0.246 e. The summed E-state index contributed by atoms with van der Waals surface area (Å²) in [5.41, 5.74) is 0.672. The minimum Gasteiger partial charge on any atom is -0.375 e. The van der Waals surface area contributed by atoms with E-state index in [-0.39, 0.29) is 35.9 Å². The van der Waals surface area contributed by atoms with Gasteiger partial charge >= 0.3 is 0 Å². The van der Waals surface area contributed by atoms with Gasteiger partial charge < -0.3 is 15.4 Å². The lowest BCUT2D eigenvalue weighted by Crippen LogP contribution is -2.50. The lowest BCUT2D eigenvalue weighted by atomic mass is 10.0. The van der Waals surface area contributed by atoms with Gasteiger partial charge in [0.15, 0.2) is 0 Å². The quantitative estimate of drug-likeness (QED) is 0.802. The van der Waals surface area contributed by atoms with Crippen molar-refractivity contribution in [2.75, 3.05) is 13.7 Å². The summed E-state index contributed by atoms with van der Waals surface area (Å²) in [5, 5.41) is 5.31. The Kier molecular flexibility index (Phi) is 7.27. The largest absolute Gasteiger partial charge is 0.375 e. The van der Waals surface area contributed by atoms with E-state index in [1.54, 1.807) is 0 Å². The molecule has 0 fully saturated rings. The Labute approximate surface area is 134 Å². The van der Waals surface area contributed by atoms with Gasteiger partial charge in [0.1, 0.15) is 18.5 Å². The second-order valence-corrected chi connectivity index (χ2v) is 5.60. The van der Waals surface area contributed by atoms with Crippen LogP contribution >= 0.6 is 11.6 Å². The molecular formula is C15H20ClFN2O3. The van der Waals surface area contributed by atoms with Crippen LogP contribution in [0.3, 0.4) is 0 Å². The van der Waals surface area contributed by atoms with E-state index in [9.17, 15) is 14.0 Å². The van der Waals surface area contributed by atoms with Gasteiger partial charge in [-0.05, 0) is 23.6 Å². The molecule has 7 heteroatoms. The highest BCUT2D eigenvalue weighted by Gasteiger charge is 2.23. The van der Waals surface area contributed by atoms with Crippen LogP contribution in [0, 0.1) is 11.7 Å². The van der Waals surface area contributed by atoms with E-state index in [1.807, 2.05) is 13.8 Å². The highest BCUT2D eigenvalue weighted by atomic mass is 35.5. The van der Waals surface area contributed by atoms with Crippen molar-refractivity contribution < 1.29 is 18.7 Å². The Morgan fingerprint density at radius 1 is 1.36 bits per heavy atom. The summed E-state index contributed by atoms with van der Waals surface area (Å²) in [6.07, 6.45) is 0. The molecule has 0 spiro atoms. The number of hydrogen-bond acceptors (Lipinski definition) is 3. The fourth-order valence-corrected chi connectivity index (χ4v) is 2.03. The van der Waals surface area contributed by atoms with E-state index in [1.165, 1.54) is 25.3 Å². The summed E-state index contributed by atoms with van der Waals surface area (Å²) in [7, 11) is 1.41. The molecule has 5 nitrogen and oxygen atoms in total. The Hall–Kier alpha value is -1.66. The minimum atomic E-state index is -0.668. The first-order chi connectivity index (χ1) is 10.3. The topological polar surface area (TPSA) is 67.4 Å². The molecule has 1 atom stereocenters. The smallest absolute Gasteiger partial charge is 0.246 e.